The van der Waals surface area contributed by atoms with Gasteiger partial charge in [0.05, 0.1) is 11.1 Å². The standard InChI is InChI=1S/C19H19F4N3O2/c1-10(2)7-11-8-13(12-5-3-4-6-14(12)24-11)17(27)26-19(28,18(22)23)9-15(25-26)16(20)21/h3-6,8,10,16,18,28H,7,9H2,1-2H3/t19-/m0/s1. The van der Waals surface area contributed by atoms with Gasteiger partial charge in [0.1, 0.15) is 5.71 Å². The minimum atomic E-state index is -3.47. The summed E-state index contributed by atoms with van der Waals surface area (Å²) in [5.41, 5.74) is -3.10. The van der Waals surface area contributed by atoms with E-state index >= 15 is 0 Å². The third-order valence-electron chi connectivity index (χ3n) is 4.45. The van der Waals surface area contributed by atoms with Gasteiger partial charge < -0.3 is 5.11 Å². The number of hydrogen-bond acceptors (Lipinski definition) is 4. The van der Waals surface area contributed by atoms with Crippen molar-refractivity contribution in [2.24, 2.45) is 11.0 Å². The van der Waals surface area contributed by atoms with Crippen molar-refractivity contribution in [2.45, 2.75) is 45.3 Å². The van der Waals surface area contributed by atoms with E-state index < -0.39 is 36.6 Å². The molecule has 9 heteroatoms. The number of aliphatic hydroxyl groups is 1. The van der Waals surface area contributed by atoms with E-state index in [0.717, 1.165) is 0 Å². The van der Waals surface area contributed by atoms with Crippen molar-refractivity contribution in [3.63, 3.8) is 0 Å². The Morgan fingerprint density at radius 1 is 1.25 bits per heavy atom. The molecule has 1 atom stereocenters. The van der Waals surface area contributed by atoms with Crippen molar-refractivity contribution in [3.05, 3.63) is 41.6 Å². The molecule has 1 aromatic carbocycles. The Kier molecular flexibility index (Phi) is 5.38. The Balaban J connectivity index is 2.13. The van der Waals surface area contributed by atoms with Crippen molar-refractivity contribution in [2.75, 3.05) is 0 Å². The fourth-order valence-corrected chi connectivity index (χ4v) is 3.15. The molecule has 2 heterocycles. The van der Waals surface area contributed by atoms with Crippen molar-refractivity contribution in [3.8, 4) is 0 Å². The number of aromatic nitrogens is 1. The third kappa shape index (κ3) is 3.58. The monoisotopic (exact) mass is 397 g/mol. The van der Waals surface area contributed by atoms with Crippen molar-refractivity contribution < 1.29 is 27.5 Å². The first-order valence-electron chi connectivity index (χ1n) is 8.72. The zero-order valence-corrected chi connectivity index (χ0v) is 15.2. The molecule has 0 bridgehead atoms. The van der Waals surface area contributed by atoms with Gasteiger partial charge in [0.25, 0.3) is 18.8 Å². The highest BCUT2D eigenvalue weighted by Gasteiger charge is 2.53. The lowest BCUT2D eigenvalue weighted by atomic mass is 10.0. The van der Waals surface area contributed by atoms with E-state index in [0.29, 0.717) is 23.0 Å². The quantitative estimate of drug-likeness (QED) is 0.780. The Morgan fingerprint density at radius 3 is 2.54 bits per heavy atom. The predicted molar refractivity (Wildman–Crippen MR) is 95.5 cm³/mol. The molecule has 1 aliphatic heterocycles. The van der Waals surface area contributed by atoms with Crippen molar-refractivity contribution in [1.82, 2.24) is 9.99 Å². The molecule has 0 unspecified atom stereocenters. The number of nitrogens with zero attached hydrogens (tertiary/aromatic N) is 3. The maximum atomic E-state index is 13.5. The van der Waals surface area contributed by atoms with Crippen molar-refractivity contribution in [1.29, 1.82) is 0 Å². The SMILES string of the molecule is CC(C)Cc1cc(C(=O)N2N=C(C(F)F)C[C@]2(O)C(F)F)c2ccccc2n1. The molecule has 1 aliphatic rings. The van der Waals surface area contributed by atoms with E-state index in [1.807, 2.05) is 13.8 Å². The van der Waals surface area contributed by atoms with Gasteiger partial charge in [0, 0.05) is 17.5 Å². The zero-order valence-electron chi connectivity index (χ0n) is 15.2. The van der Waals surface area contributed by atoms with Gasteiger partial charge in [-0.1, -0.05) is 32.0 Å². The summed E-state index contributed by atoms with van der Waals surface area (Å²) in [5.74, 6) is -0.869. The molecule has 0 fully saturated rings. The molecular weight excluding hydrogens is 378 g/mol. The van der Waals surface area contributed by atoms with E-state index in [-0.39, 0.29) is 16.5 Å². The second kappa shape index (κ2) is 7.46. The van der Waals surface area contributed by atoms with Crippen LogP contribution in [0.5, 0.6) is 0 Å². The maximum Gasteiger partial charge on any atom is 0.287 e. The van der Waals surface area contributed by atoms with Crippen LogP contribution in [0.2, 0.25) is 0 Å². The fraction of sp³-hybridized carbons (Fsp3) is 0.421. The normalized spacial score (nSPS) is 19.9. The summed E-state index contributed by atoms with van der Waals surface area (Å²) in [5, 5.41) is 14.0. The first kappa shape index (κ1) is 20.2. The summed E-state index contributed by atoms with van der Waals surface area (Å²) in [6, 6.07) is 8.02. The largest absolute Gasteiger partial charge is 0.364 e. The Morgan fingerprint density at radius 2 is 1.93 bits per heavy atom. The number of rotatable bonds is 5. The second-order valence-electron chi connectivity index (χ2n) is 7.14. The molecule has 0 spiro atoms. The number of para-hydroxylation sites is 1. The van der Waals surface area contributed by atoms with Crippen LogP contribution in [0, 0.1) is 5.92 Å². The minimum Gasteiger partial charge on any atom is -0.364 e. The summed E-state index contributed by atoms with van der Waals surface area (Å²) < 4.78 is 53.0. The van der Waals surface area contributed by atoms with Gasteiger partial charge in [0.15, 0.2) is 0 Å². The number of hydrazone groups is 1. The highest BCUT2D eigenvalue weighted by molar-refractivity contribution is 6.07. The molecule has 0 radical (unpaired) electrons. The molecule has 28 heavy (non-hydrogen) atoms. The fourth-order valence-electron chi connectivity index (χ4n) is 3.15. The summed E-state index contributed by atoms with van der Waals surface area (Å²) in [6.07, 6.45) is -7.22. The number of carbonyl (C=O) groups excluding carboxylic acids is 1. The van der Waals surface area contributed by atoms with Crippen LogP contribution in [-0.4, -0.2) is 45.3 Å². The summed E-state index contributed by atoms with van der Waals surface area (Å²) >= 11 is 0. The molecule has 1 N–H and O–H groups in total. The average molecular weight is 397 g/mol. The van der Waals surface area contributed by atoms with Crippen LogP contribution < -0.4 is 0 Å². The number of carbonyl (C=O) groups is 1. The molecular formula is C19H19F4N3O2. The average Bonchev–Trinajstić information content (AvgIpc) is 2.99. The van der Waals surface area contributed by atoms with Crippen LogP contribution in [-0.2, 0) is 6.42 Å². The van der Waals surface area contributed by atoms with E-state index in [4.69, 9.17) is 0 Å². The lowest BCUT2D eigenvalue weighted by molar-refractivity contribution is -0.164. The highest BCUT2D eigenvalue weighted by atomic mass is 19.3. The van der Waals surface area contributed by atoms with Crippen LogP contribution in [0.4, 0.5) is 17.6 Å². The molecule has 1 amide bonds. The van der Waals surface area contributed by atoms with E-state index in [1.54, 1.807) is 24.3 Å². The van der Waals surface area contributed by atoms with Gasteiger partial charge in [-0.2, -0.15) is 10.1 Å². The molecule has 0 aliphatic carbocycles. The van der Waals surface area contributed by atoms with Crippen LogP contribution in [0.15, 0.2) is 35.4 Å². The highest BCUT2D eigenvalue weighted by Crippen LogP contribution is 2.35. The topological polar surface area (TPSA) is 65.8 Å². The molecule has 150 valence electrons. The zero-order chi connectivity index (χ0) is 20.6. The summed E-state index contributed by atoms with van der Waals surface area (Å²) in [6.45, 7) is 3.90. The molecule has 0 saturated carbocycles. The van der Waals surface area contributed by atoms with Gasteiger partial charge >= 0.3 is 0 Å². The van der Waals surface area contributed by atoms with Gasteiger partial charge in [-0.05, 0) is 24.5 Å². The smallest absolute Gasteiger partial charge is 0.287 e. The lowest BCUT2D eigenvalue weighted by Gasteiger charge is -2.30. The van der Waals surface area contributed by atoms with Crippen LogP contribution in [0.25, 0.3) is 10.9 Å². The number of benzene rings is 1. The molecule has 2 aromatic rings. The number of fused-ring (bicyclic) bond motifs is 1. The van der Waals surface area contributed by atoms with E-state index in [2.05, 4.69) is 10.1 Å². The number of alkyl halides is 4. The Hall–Kier alpha value is -2.55. The number of halogens is 4. The van der Waals surface area contributed by atoms with Gasteiger partial charge in [-0.25, -0.2) is 17.6 Å². The maximum absolute atomic E-state index is 13.5. The molecule has 5 nitrogen and oxygen atoms in total. The molecule has 3 rings (SSSR count). The third-order valence-corrected chi connectivity index (χ3v) is 4.45. The van der Waals surface area contributed by atoms with Crippen LogP contribution in [0.3, 0.4) is 0 Å². The lowest BCUT2D eigenvalue weighted by Crippen LogP contribution is -2.51. The van der Waals surface area contributed by atoms with Crippen LogP contribution in [0.1, 0.15) is 36.3 Å². The predicted octanol–water partition coefficient (Wildman–Crippen LogP) is 3.85. The van der Waals surface area contributed by atoms with Gasteiger partial charge in [-0.15, -0.1) is 0 Å². The first-order chi connectivity index (χ1) is 13.1. The summed E-state index contributed by atoms with van der Waals surface area (Å²) in [4.78, 5) is 17.5. The minimum absolute atomic E-state index is 0.0282. The van der Waals surface area contributed by atoms with E-state index in [1.165, 1.54) is 6.07 Å². The number of amides is 1. The summed E-state index contributed by atoms with van der Waals surface area (Å²) in [7, 11) is 0. The van der Waals surface area contributed by atoms with Gasteiger partial charge in [-0.3, -0.25) is 9.78 Å². The second-order valence-corrected chi connectivity index (χ2v) is 7.14. The Bertz CT molecular complexity index is 933. The van der Waals surface area contributed by atoms with E-state index in [9.17, 15) is 27.5 Å². The first-order valence-corrected chi connectivity index (χ1v) is 8.72. The van der Waals surface area contributed by atoms with Gasteiger partial charge in [0.2, 0.25) is 5.72 Å². The Labute approximate surface area is 158 Å². The molecule has 0 saturated heterocycles. The van der Waals surface area contributed by atoms with Crippen molar-refractivity contribution >= 4 is 22.5 Å². The molecule has 1 aromatic heterocycles. The van der Waals surface area contributed by atoms with Crippen LogP contribution >= 0.6 is 0 Å². The number of hydrogen-bond donors (Lipinski definition) is 1. The number of pyridine rings is 1.